The summed E-state index contributed by atoms with van der Waals surface area (Å²) < 4.78 is 0. The molecule has 0 unspecified atom stereocenters. The molecular weight excluding hydrogens is 757 g/mol. The van der Waals surface area contributed by atoms with Crippen LogP contribution in [-0.2, 0) is 38.4 Å². The number of hydrogen-bond donors (Lipinski definition) is 13. The van der Waals surface area contributed by atoms with Gasteiger partial charge in [-0.05, 0) is 69.9 Å². The van der Waals surface area contributed by atoms with Gasteiger partial charge in [-0.15, -0.1) is 0 Å². The van der Waals surface area contributed by atoms with Crippen molar-refractivity contribution < 1.29 is 48.6 Å². The summed E-state index contributed by atoms with van der Waals surface area (Å²) in [6, 6.07) is -8.06. The van der Waals surface area contributed by atoms with E-state index in [2.05, 4.69) is 47.5 Å². The highest BCUT2D eigenvalue weighted by atomic mass is 32.2. The summed E-state index contributed by atoms with van der Waals surface area (Å²) in [6.07, 6.45) is 3.96. The van der Waals surface area contributed by atoms with Crippen molar-refractivity contribution in [2.75, 3.05) is 44.9 Å². The van der Waals surface area contributed by atoms with E-state index in [0.717, 1.165) is 6.42 Å². The number of primary amides is 1. The van der Waals surface area contributed by atoms with E-state index >= 15 is 0 Å². The zero-order valence-corrected chi connectivity index (χ0v) is 33.2. The van der Waals surface area contributed by atoms with Gasteiger partial charge < -0.3 is 69.9 Å². The van der Waals surface area contributed by atoms with Gasteiger partial charge in [0.15, 0.2) is 5.96 Å². The van der Waals surface area contributed by atoms with Crippen molar-refractivity contribution in [2.45, 2.75) is 102 Å². The summed E-state index contributed by atoms with van der Waals surface area (Å²) in [4.78, 5) is 106. The Morgan fingerprint density at radius 3 is 1.89 bits per heavy atom. The Kier molecular flexibility index (Phi) is 23.0. The second-order valence-electron chi connectivity index (χ2n) is 13.6. The number of aliphatic imine (C=N–C) groups is 1. The maximum Gasteiger partial charge on any atom is 0.245 e. The number of nitrogens with zero attached hydrogens (tertiary/aromatic N) is 1. The van der Waals surface area contributed by atoms with E-state index in [0.29, 0.717) is 25.1 Å². The van der Waals surface area contributed by atoms with Gasteiger partial charge in [0.1, 0.15) is 36.3 Å². The number of aliphatic hydroxyl groups excluding tert-OH is 2. The summed E-state index contributed by atoms with van der Waals surface area (Å²) in [5, 5.41) is 39.7. The van der Waals surface area contributed by atoms with Gasteiger partial charge in [0, 0.05) is 6.54 Å². The van der Waals surface area contributed by atoms with Crippen LogP contribution in [0.1, 0.15) is 59.3 Å². The minimum atomic E-state index is -1.53. The van der Waals surface area contributed by atoms with Crippen LogP contribution < -0.4 is 59.7 Å². The van der Waals surface area contributed by atoms with E-state index in [1.54, 1.807) is 6.26 Å². The third-order valence-electron chi connectivity index (χ3n) is 8.39. The van der Waals surface area contributed by atoms with Crippen molar-refractivity contribution in [1.82, 2.24) is 42.5 Å². The second kappa shape index (κ2) is 26.2. The monoisotopic (exact) mass is 816 g/mol. The molecule has 0 aromatic carbocycles. The molecule has 16 N–H and O–H groups in total. The van der Waals surface area contributed by atoms with Gasteiger partial charge in [0.05, 0.1) is 25.8 Å². The van der Waals surface area contributed by atoms with Crippen LogP contribution in [0.4, 0.5) is 0 Å². The predicted molar refractivity (Wildman–Crippen MR) is 207 cm³/mol. The molecule has 1 heterocycles. The van der Waals surface area contributed by atoms with E-state index in [-0.39, 0.29) is 43.6 Å². The first-order chi connectivity index (χ1) is 26.4. The van der Waals surface area contributed by atoms with Crippen LogP contribution in [-0.4, -0.2) is 151 Å². The first-order valence-corrected chi connectivity index (χ1v) is 19.7. The fraction of sp³-hybridized carbons (Fsp3) is 0.727. The van der Waals surface area contributed by atoms with Crippen molar-refractivity contribution in [1.29, 1.82) is 0 Å². The second-order valence-corrected chi connectivity index (χ2v) is 14.6. The van der Waals surface area contributed by atoms with Gasteiger partial charge in [-0.1, -0.05) is 13.8 Å². The number of carbonyl (C=O) groups excluding carboxylic acids is 8. The molecule has 0 radical (unpaired) electrons. The van der Waals surface area contributed by atoms with Gasteiger partial charge in [-0.3, -0.25) is 43.3 Å². The molecule has 0 aromatic heterocycles. The van der Waals surface area contributed by atoms with Crippen LogP contribution in [0, 0.1) is 5.92 Å². The average molecular weight is 817 g/mol. The average Bonchev–Trinajstić information content (AvgIpc) is 3.69. The molecule has 56 heavy (non-hydrogen) atoms. The summed E-state index contributed by atoms with van der Waals surface area (Å²) >= 11 is 1.36. The first-order valence-electron chi connectivity index (χ1n) is 18.3. The number of rotatable bonds is 26. The normalized spacial score (nSPS) is 16.8. The molecule has 0 aromatic rings. The molecular formula is C33H60N12O10S. The number of nitrogens with two attached hydrogens (primary N) is 3. The highest BCUT2D eigenvalue weighted by molar-refractivity contribution is 7.98. The van der Waals surface area contributed by atoms with Crippen molar-refractivity contribution >= 4 is 65.0 Å². The fourth-order valence-corrected chi connectivity index (χ4v) is 5.79. The SMILES string of the molecule is CSCC[C@H](NC(=O)[C@H](C)NC(=O)[C@H](CO)NC(=O)CNC(=O)[C@H](CC(C)C)NC(=O)[C@@H]1CCCN1)C(=O)N[C@@H](CO)C(=O)N[C@@H](CCCN=C(N)N)C(N)=O. The van der Waals surface area contributed by atoms with Crippen LogP contribution in [0.25, 0.3) is 0 Å². The lowest BCUT2D eigenvalue weighted by atomic mass is 10.0. The fourth-order valence-electron chi connectivity index (χ4n) is 5.32. The summed E-state index contributed by atoms with van der Waals surface area (Å²) in [6.45, 7) is 3.59. The van der Waals surface area contributed by atoms with Gasteiger partial charge in [-0.2, -0.15) is 11.8 Å². The molecule has 7 atom stereocenters. The Morgan fingerprint density at radius 1 is 0.750 bits per heavy atom. The molecule has 1 aliphatic rings. The summed E-state index contributed by atoms with van der Waals surface area (Å²) in [7, 11) is 0. The Labute approximate surface area is 330 Å². The summed E-state index contributed by atoms with van der Waals surface area (Å²) in [5.74, 6) is -5.91. The number of aliphatic hydroxyl groups is 2. The van der Waals surface area contributed by atoms with E-state index in [9.17, 15) is 48.6 Å². The number of nitrogens with one attached hydrogen (secondary N) is 8. The van der Waals surface area contributed by atoms with Crippen molar-refractivity contribution in [3.8, 4) is 0 Å². The van der Waals surface area contributed by atoms with E-state index in [4.69, 9.17) is 17.2 Å². The highest BCUT2D eigenvalue weighted by Gasteiger charge is 2.32. The molecule has 318 valence electrons. The third-order valence-corrected chi connectivity index (χ3v) is 9.03. The Bertz CT molecular complexity index is 1380. The third kappa shape index (κ3) is 18.7. The van der Waals surface area contributed by atoms with Crippen LogP contribution in [0.2, 0.25) is 0 Å². The molecule has 0 spiro atoms. The van der Waals surface area contributed by atoms with Gasteiger partial charge >= 0.3 is 0 Å². The zero-order valence-electron chi connectivity index (χ0n) is 32.4. The first kappa shape index (κ1) is 49.3. The van der Waals surface area contributed by atoms with Gasteiger partial charge in [0.25, 0.3) is 0 Å². The van der Waals surface area contributed by atoms with Crippen LogP contribution >= 0.6 is 11.8 Å². The Balaban J connectivity index is 2.80. The van der Waals surface area contributed by atoms with Gasteiger partial charge in [0.2, 0.25) is 47.3 Å². The van der Waals surface area contributed by atoms with Crippen LogP contribution in [0.5, 0.6) is 0 Å². The quantitative estimate of drug-likeness (QED) is 0.0220. The minimum Gasteiger partial charge on any atom is -0.394 e. The molecule has 1 rings (SSSR count). The maximum absolute atomic E-state index is 13.2. The molecule has 1 fully saturated rings. The number of guanidine groups is 1. The number of hydrogen-bond acceptors (Lipinski definition) is 13. The van der Waals surface area contributed by atoms with E-state index in [1.807, 2.05) is 13.8 Å². The molecule has 8 amide bonds. The topological polar surface area (TPSA) is 364 Å². The maximum atomic E-state index is 13.2. The van der Waals surface area contributed by atoms with Crippen molar-refractivity contribution in [3.63, 3.8) is 0 Å². The molecule has 1 aliphatic heterocycles. The summed E-state index contributed by atoms with van der Waals surface area (Å²) in [5.41, 5.74) is 15.9. The molecule has 0 aliphatic carbocycles. The number of amides is 8. The number of thioether (sulfide) groups is 1. The zero-order chi connectivity index (χ0) is 42.4. The molecule has 23 heteroatoms. The smallest absolute Gasteiger partial charge is 0.245 e. The number of carbonyl (C=O) groups is 8. The van der Waals surface area contributed by atoms with Gasteiger partial charge in [-0.25, -0.2) is 0 Å². The van der Waals surface area contributed by atoms with Crippen molar-refractivity contribution in [2.24, 2.45) is 28.1 Å². The predicted octanol–water partition coefficient (Wildman–Crippen LogP) is -5.89. The van der Waals surface area contributed by atoms with Crippen molar-refractivity contribution in [3.05, 3.63) is 0 Å². The lowest BCUT2D eigenvalue weighted by Gasteiger charge is -2.25. The van der Waals surface area contributed by atoms with Crippen LogP contribution in [0.15, 0.2) is 4.99 Å². The lowest BCUT2D eigenvalue weighted by Crippen LogP contribution is -2.59. The molecule has 1 saturated heterocycles. The largest absolute Gasteiger partial charge is 0.394 e. The standard InChI is InChI=1S/C33H60N12O10S/c1-17(2)13-22(44-29(52)20-8-6-10-37-20)28(51)39-14-25(48)41-23(15-46)31(54)40-18(3)27(50)43-21(9-12-56-4)30(53)45-24(16-47)32(55)42-19(26(34)49)7-5-11-38-33(35)36/h17-24,37,46-47H,5-16H2,1-4H3,(H2,34,49)(H,39,51)(H,40,54)(H,41,48)(H,42,55)(H,43,50)(H,44,52)(H,45,53)(H4,35,36,38)/t18-,19-,20-,21-,22-,23-,24-/m0/s1. The molecule has 0 bridgehead atoms. The Hall–Kier alpha value is -4.74. The minimum absolute atomic E-state index is 0.0415. The van der Waals surface area contributed by atoms with Crippen LogP contribution in [0.3, 0.4) is 0 Å². The van der Waals surface area contributed by atoms with E-state index in [1.165, 1.54) is 18.7 Å². The molecule has 0 saturated carbocycles. The Morgan fingerprint density at radius 2 is 1.34 bits per heavy atom. The highest BCUT2D eigenvalue weighted by Crippen LogP contribution is 2.09. The lowest BCUT2D eigenvalue weighted by molar-refractivity contribution is -0.135. The van der Waals surface area contributed by atoms with E-state index < -0.39 is 103 Å². The molecule has 22 nitrogen and oxygen atoms in total.